The molecule has 4 nitrogen and oxygen atoms in total. The molecule has 2 aromatic rings. The molecule has 1 atom stereocenters. The Morgan fingerprint density at radius 2 is 2.22 bits per heavy atom. The summed E-state index contributed by atoms with van der Waals surface area (Å²) in [6.07, 6.45) is 5.11. The molecule has 0 N–H and O–H groups in total. The number of rotatable bonds is 4. The number of allylic oxidation sites excluding steroid dienone is 1. The summed E-state index contributed by atoms with van der Waals surface area (Å²) in [7, 11) is 0. The number of benzene rings is 1. The van der Waals surface area contributed by atoms with Crippen molar-refractivity contribution < 1.29 is 4.79 Å². The molecule has 1 aliphatic rings. The zero-order chi connectivity index (χ0) is 16.4. The van der Waals surface area contributed by atoms with Crippen molar-refractivity contribution in [3.8, 4) is 0 Å². The van der Waals surface area contributed by atoms with Gasteiger partial charge in [-0.05, 0) is 31.0 Å². The minimum absolute atomic E-state index is 0.114. The number of halogens is 1. The maximum Gasteiger partial charge on any atom is 0.262 e. The van der Waals surface area contributed by atoms with E-state index in [1.54, 1.807) is 28.8 Å². The van der Waals surface area contributed by atoms with E-state index in [9.17, 15) is 9.59 Å². The molecule has 0 unspecified atom stereocenters. The number of fused-ring (bicyclic) bond motifs is 1. The smallest absolute Gasteiger partial charge is 0.262 e. The van der Waals surface area contributed by atoms with Crippen LogP contribution in [0, 0.1) is 0 Å². The largest absolute Gasteiger partial charge is 0.298 e. The summed E-state index contributed by atoms with van der Waals surface area (Å²) >= 11 is 7.38. The minimum atomic E-state index is -0.150. The first-order valence-corrected chi connectivity index (χ1v) is 8.86. The van der Waals surface area contributed by atoms with Gasteiger partial charge in [-0.2, -0.15) is 0 Å². The monoisotopic (exact) mass is 348 g/mol. The Kier molecular flexibility index (Phi) is 4.87. The Labute approximate surface area is 143 Å². The molecule has 1 aromatic carbocycles. The maximum atomic E-state index is 12.7. The van der Waals surface area contributed by atoms with Crippen LogP contribution in [0.15, 0.2) is 40.8 Å². The van der Waals surface area contributed by atoms with Crippen LogP contribution in [0.25, 0.3) is 10.9 Å². The van der Waals surface area contributed by atoms with E-state index in [2.05, 4.69) is 11.6 Å². The molecule has 0 radical (unpaired) electrons. The van der Waals surface area contributed by atoms with Crippen molar-refractivity contribution >= 4 is 40.0 Å². The highest BCUT2D eigenvalue weighted by Gasteiger charge is 2.25. The molecule has 1 saturated carbocycles. The van der Waals surface area contributed by atoms with Crippen LogP contribution < -0.4 is 5.56 Å². The van der Waals surface area contributed by atoms with Gasteiger partial charge in [0, 0.05) is 18.0 Å². The summed E-state index contributed by atoms with van der Waals surface area (Å²) in [5, 5.41) is 1.45. The molecule has 0 spiro atoms. The van der Waals surface area contributed by atoms with Crippen molar-refractivity contribution in [3.05, 3.63) is 46.2 Å². The molecule has 0 saturated heterocycles. The molecular formula is C17H17ClN2O2S. The number of Topliss-reactive ketones (excluding diaryl/α,β-unsaturated/α-hetero) is 1. The van der Waals surface area contributed by atoms with E-state index in [1.165, 1.54) is 11.8 Å². The Bertz CT molecular complexity index is 831. The van der Waals surface area contributed by atoms with Crippen molar-refractivity contribution in [2.24, 2.45) is 0 Å². The van der Waals surface area contributed by atoms with Crippen LogP contribution in [-0.4, -0.2) is 20.6 Å². The SMILES string of the molecule is C=CCn1c(S[C@@H]2CCCCC2=O)nc2ccc(Cl)cc2c1=O. The van der Waals surface area contributed by atoms with Crippen LogP contribution >= 0.6 is 23.4 Å². The first kappa shape index (κ1) is 16.3. The molecule has 1 fully saturated rings. The van der Waals surface area contributed by atoms with Gasteiger partial charge < -0.3 is 0 Å². The summed E-state index contributed by atoms with van der Waals surface area (Å²) in [5.41, 5.74) is 0.452. The molecule has 3 rings (SSSR count). The number of ketones is 1. The van der Waals surface area contributed by atoms with Crippen molar-refractivity contribution in [2.45, 2.75) is 42.6 Å². The zero-order valence-corrected chi connectivity index (χ0v) is 14.2. The van der Waals surface area contributed by atoms with Crippen molar-refractivity contribution in [1.29, 1.82) is 0 Å². The molecule has 0 amide bonds. The standard InChI is InChI=1S/C17H17ClN2O2S/c1-2-9-20-16(22)12-10-11(18)7-8-13(12)19-17(20)23-15-6-4-3-5-14(15)21/h2,7-8,10,15H,1,3-6,9H2/t15-/m1/s1. The van der Waals surface area contributed by atoms with Crippen molar-refractivity contribution in [3.63, 3.8) is 0 Å². The van der Waals surface area contributed by atoms with Gasteiger partial charge in [-0.3, -0.25) is 14.2 Å². The first-order chi connectivity index (χ1) is 11.1. The van der Waals surface area contributed by atoms with Gasteiger partial charge in [0.2, 0.25) is 0 Å². The summed E-state index contributed by atoms with van der Waals surface area (Å²) in [5.74, 6) is 0.247. The number of hydrogen-bond donors (Lipinski definition) is 0. The lowest BCUT2D eigenvalue weighted by atomic mass is 9.99. The lowest BCUT2D eigenvalue weighted by Crippen LogP contribution is -2.26. The molecule has 0 bridgehead atoms. The van der Waals surface area contributed by atoms with Crippen molar-refractivity contribution in [2.75, 3.05) is 0 Å². The van der Waals surface area contributed by atoms with E-state index < -0.39 is 0 Å². The molecule has 1 aliphatic carbocycles. The predicted octanol–water partition coefficient (Wildman–Crippen LogP) is 3.84. The van der Waals surface area contributed by atoms with E-state index in [0.29, 0.717) is 34.0 Å². The second-order valence-corrected chi connectivity index (χ2v) is 7.19. The van der Waals surface area contributed by atoms with Gasteiger partial charge in [0.25, 0.3) is 5.56 Å². The van der Waals surface area contributed by atoms with Crippen LogP contribution in [-0.2, 0) is 11.3 Å². The van der Waals surface area contributed by atoms with Crippen LogP contribution in [0.2, 0.25) is 5.02 Å². The first-order valence-electron chi connectivity index (χ1n) is 7.60. The highest BCUT2D eigenvalue weighted by molar-refractivity contribution is 8.00. The summed E-state index contributed by atoms with van der Waals surface area (Å²) in [6.45, 7) is 4.07. The number of thioether (sulfide) groups is 1. The number of aromatic nitrogens is 2. The third-order valence-electron chi connectivity index (χ3n) is 3.94. The topological polar surface area (TPSA) is 52.0 Å². The fourth-order valence-corrected chi connectivity index (χ4v) is 4.15. The van der Waals surface area contributed by atoms with Crippen LogP contribution in [0.4, 0.5) is 0 Å². The molecule has 23 heavy (non-hydrogen) atoms. The second-order valence-electron chi connectivity index (χ2n) is 5.58. The quantitative estimate of drug-likeness (QED) is 0.622. The third kappa shape index (κ3) is 3.35. The minimum Gasteiger partial charge on any atom is -0.298 e. The summed E-state index contributed by atoms with van der Waals surface area (Å²) in [6, 6.07) is 5.09. The van der Waals surface area contributed by atoms with E-state index in [0.717, 1.165) is 19.3 Å². The van der Waals surface area contributed by atoms with Gasteiger partial charge in [-0.25, -0.2) is 4.98 Å². The summed E-state index contributed by atoms with van der Waals surface area (Å²) in [4.78, 5) is 29.4. The molecule has 0 aliphatic heterocycles. The molecule has 6 heteroatoms. The molecule has 1 heterocycles. The Morgan fingerprint density at radius 1 is 1.39 bits per heavy atom. The summed E-state index contributed by atoms with van der Waals surface area (Å²) < 4.78 is 1.57. The van der Waals surface area contributed by atoms with Gasteiger partial charge in [0.1, 0.15) is 5.78 Å². The van der Waals surface area contributed by atoms with Gasteiger partial charge >= 0.3 is 0 Å². The average Bonchev–Trinajstić information content (AvgIpc) is 2.54. The molecule has 1 aromatic heterocycles. The maximum absolute atomic E-state index is 12.7. The van der Waals surface area contributed by atoms with Gasteiger partial charge in [0.15, 0.2) is 5.16 Å². The highest BCUT2D eigenvalue weighted by Crippen LogP contribution is 2.31. The predicted molar refractivity (Wildman–Crippen MR) is 94.3 cm³/mol. The average molecular weight is 349 g/mol. The van der Waals surface area contributed by atoms with E-state index in [1.807, 2.05) is 0 Å². The van der Waals surface area contributed by atoms with Crippen molar-refractivity contribution in [1.82, 2.24) is 9.55 Å². The fraction of sp³-hybridized carbons (Fsp3) is 0.353. The highest BCUT2D eigenvalue weighted by atomic mass is 35.5. The second kappa shape index (κ2) is 6.89. The number of hydrogen-bond acceptors (Lipinski definition) is 4. The van der Waals surface area contributed by atoms with E-state index in [4.69, 9.17) is 11.6 Å². The van der Waals surface area contributed by atoms with Gasteiger partial charge in [-0.1, -0.05) is 35.9 Å². The van der Waals surface area contributed by atoms with Gasteiger partial charge in [-0.15, -0.1) is 6.58 Å². The fourth-order valence-electron chi connectivity index (χ4n) is 2.76. The Balaban J connectivity index is 2.09. The number of carbonyl (C=O) groups excluding carboxylic acids is 1. The third-order valence-corrected chi connectivity index (χ3v) is 5.48. The number of carbonyl (C=O) groups is 1. The van der Waals surface area contributed by atoms with Crippen LogP contribution in [0.5, 0.6) is 0 Å². The van der Waals surface area contributed by atoms with Gasteiger partial charge in [0.05, 0.1) is 16.2 Å². The van der Waals surface area contributed by atoms with E-state index >= 15 is 0 Å². The van der Waals surface area contributed by atoms with Crippen LogP contribution in [0.1, 0.15) is 25.7 Å². The zero-order valence-electron chi connectivity index (χ0n) is 12.6. The molecule has 120 valence electrons. The lowest BCUT2D eigenvalue weighted by Gasteiger charge is -2.21. The number of nitrogens with zero attached hydrogens (tertiary/aromatic N) is 2. The molecular weight excluding hydrogens is 332 g/mol. The van der Waals surface area contributed by atoms with Crippen LogP contribution in [0.3, 0.4) is 0 Å². The normalized spacial score (nSPS) is 18.3. The lowest BCUT2D eigenvalue weighted by molar-refractivity contribution is -0.119. The van der Waals surface area contributed by atoms with E-state index in [-0.39, 0.29) is 16.6 Å². The Hall–Kier alpha value is -1.59. The Morgan fingerprint density at radius 3 is 2.96 bits per heavy atom.